The molecular weight excluding hydrogens is 332 g/mol. The van der Waals surface area contributed by atoms with Crippen molar-refractivity contribution in [2.24, 2.45) is 11.8 Å². The van der Waals surface area contributed by atoms with Crippen LogP contribution in [0, 0.1) is 11.8 Å². The molecule has 1 amide bonds. The average molecular weight is 356 g/mol. The van der Waals surface area contributed by atoms with E-state index in [0.29, 0.717) is 10.9 Å². The summed E-state index contributed by atoms with van der Waals surface area (Å²) in [6.07, 6.45) is 6.54. The Balaban J connectivity index is 1.31. The second-order valence-electron chi connectivity index (χ2n) is 7.05. The van der Waals surface area contributed by atoms with Crippen LogP contribution >= 0.6 is 11.8 Å². The first-order valence-corrected chi connectivity index (χ1v) is 10.2. The van der Waals surface area contributed by atoms with E-state index in [2.05, 4.69) is 20.1 Å². The molecule has 1 aliphatic heterocycles. The van der Waals surface area contributed by atoms with Crippen LogP contribution in [0.5, 0.6) is 0 Å². The number of thioether (sulfide) groups is 1. The molecule has 1 saturated carbocycles. The van der Waals surface area contributed by atoms with Gasteiger partial charge in [0, 0.05) is 18.7 Å². The smallest absolute Gasteiger partial charge is 0.233 e. The Kier molecular flexibility index (Phi) is 5.06. The minimum absolute atomic E-state index is 0.222. The highest BCUT2D eigenvalue weighted by Gasteiger charge is 2.32. The topological polar surface area (TPSA) is 61.9 Å². The van der Waals surface area contributed by atoms with E-state index in [-0.39, 0.29) is 5.91 Å². The summed E-state index contributed by atoms with van der Waals surface area (Å²) in [6, 6.07) is 9.92. The van der Waals surface area contributed by atoms with E-state index < -0.39 is 0 Å². The molecule has 0 unspecified atom stereocenters. The molecule has 5 nitrogen and oxygen atoms in total. The number of piperidine rings is 1. The molecule has 0 spiro atoms. The Morgan fingerprint density at radius 3 is 2.80 bits per heavy atom. The Labute approximate surface area is 152 Å². The van der Waals surface area contributed by atoms with Crippen molar-refractivity contribution in [3.8, 4) is 11.4 Å². The molecule has 2 heterocycles. The van der Waals surface area contributed by atoms with Crippen LogP contribution in [0.25, 0.3) is 11.4 Å². The molecular formula is C19H24N4OS. The summed E-state index contributed by atoms with van der Waals surface area (Å²) >= 11 is 1.42. The van der Waals surface area contributed by atoms with E-state index in [4.69, 9.17) is 0 Å². The summed E-state index contributed by atoms with van der Waals surface area (Å²) in [4.78, 5) is 19.1. The number of likely N-dealkylation sites (tertiary alicyclic amines) is 1. The summed E-state index contributed by atoms with van der Waals surface area (Å²) in [5.74, 6) is 2.97. The van der Waals surface area contributed by atoms with Gasteiger partial charge in [-0.15, -0.1) is 5.10 Å². The third-order valence-electron chi connectivity index (χ3n) is 5.48. The minimum Gasteiger partial charge on any atom is -0.342 e. The lowest BCUT2D eigenvalue weighted by Crippen LogP contribution is -2.45. The van der Waals surface area contributed by atoms with Crippen molar-refractivity contribution >= 4 is 17.7 Å². The molecule has 1 aromatic heterocycles. The third-order valence-corrected chi connectivity index (χ3v) is 6.31. The number of hydrogen-bond donors (Lipinski definition) is 1. The lowest BCUT2D eigenvalue weighted by molar-refractivity contribution is -0.131. The van der Waals surface area contributed by atoms with E-state index in [1.807, 2.05) is 30.3 Å². The van der Waals surface area contributed by atoms with Gasteiger partial charge < -0.3 is 4.90 Å². The Bertz CT molecular complexity index is 717. The third kappa shape index (κ3) is 3.89. The molecule has 2 fully saturated rings. The average Bonchev–Trinajstić information content (AvgIpc) is 3.15. The van der Waals surface area contributed by atoms with Crippen LogP contribution in [-0.2, 0) is 4.79 Å². The standard InChI is InChI=1S/C19H24N4OS/c24-17(23-11-10-14-6-4-5-9-16(14)12-23)13-25-19-20-18(21-22-19)15-7-2-1-3-8-15/h1-3,7-8,14,16H,4-6,9-13H2,(H,20,21,22)/t14-,16-/m0/s1. The van der Waals surface area contributed by atoms with Crippen LogP contribution < -0.4 is 0 Å². The number of aromatic amines is 1. The van der Waals surface area contributed by atoms with Crippen LogP contribution in [0.1, 0.15) is 32.1 Å². The maximum Gasteiger partial charge on any atom is 0.233 e. The molecule has 0 bridgehead atoms. The fourth-order valence-corrected chi connectivity index (χ4v) is 4.78. The molecule has 2 aromatic rings. The van der Waals surface area contributed by atoms with E-state index in [1.165, 1.54) is 43.9 Å². The number of carbonyl (C=O) groups excluding carboxylic acids is 1. The predicted molar refractivity (Wildman–Crippen MR) is 99.2 cm³/mol. The molecule has 2 aliphatic rings. The molecule has 1 aliphatic carbocycles. The summed E-state index contributed by atoms with van der Waals surface area (Å²) in [5.41, 5.74) is 1.01. The normalized spacial score (nSPS) is 23.3. The van der Waals surface area contributed by atoms with Gasteiger partial charge in [-0.3, -0.25) is 9.89 Å². The van der Waals surface area contributed by atoms with Crippen molar-refractivity contribution in [2.45, 2.75) is 37.3 Å². The fraction of sp³-hybridized carbons (Fsp3) is 0.526. The first-order valence-electron chi connectivity index (χ1n) is 9.18. The first-order chi connectivity index (χ1) is 12.3. The minimum atomic E-state index is 0.222. The lowest BCUT2D eigenvalue weighted by Gasteiger charge is -2.41. The van der Waals surface area contributed by atoms with Crippen molar-refractivity contribution in [3.63, 3.8) is 0 Å². The van der Waals surface area contributed by atoms with Crippen molar-refractivity contribution in [1.82, 2.24) is 20.1 Å². The number of hydrogen-bond acceptors (Lipinski definition) is 4. The van der Waals surface area contributed by atoms with Crippen LogP contribution in [0.4, 0.5) is 0 Å². The maximum atomic E-state index is 12.6. The van der Waals surface area contributed by atoms with Crippen LogP contribution in [0.3, 0.4) is 0 Å². The number of aromatic nitrogens is 3. The molecule has 1 aromatic carbocycles. The maximum absolute atomic E-state index is 12.6. The van der Waals surface area contributed by atoms with Gasteiger partial charge in [-0.25, -0.2) is 4.98 Å². The molecule has 2 atom stereocenters. The van der Waals surface area contributed by atoms with Crippen molar-refractivity contribution in [3.05, 3.63) is 30.3 Å². The van der Waals surface area contributed by atoms with Gasteiger partial charge in [0.05, 0.1) is 5.75 Å². The Morgan fingerprint density at radius 2 is 1.96 bits per heavy atom. The van der Waals surface area contributed by atoms with Gasteiger partial charge in [-0.05, 0) is 24.7 Å². The second-order valence-corrected chi connectivity index (χ2v) is 8.00. The van der Waals surface area contributed by atoms with Crippen molar-refractivity contribution < 1.29 is 4.79 Å². The van der Waals surface area contributed by atoms with E-state index in [0.717, 1.165) is 36.3 Å². The van der Waals surface area contributed by atoms with Crippen LogP contribution in [-0.4, -0.2) is 44.8 Å². The zero-order chi connectivity index (χ0) is 17.1. The highest BCUT2D eigenvalue weighted by molar-refractivity contribution is 7.99. The number of nitrogens with zero attached hydrogens (tertiary/aromatic N) is 3. The van der Waals surface area contributed by atoms with Gasteiger partial charge in [0.15, 0.2) is 5.82 Å². The Hall–Kier alpha value is -1.82. The predicted octanol–water partition coefficient (Wildman–Crippen LogP) is 3.60. The van der Waals surface area contributed by atoms with Gasteiger partial charge in [0.25, 0.3) is 0 Å². The monoisotopic (exact) mass is 356 g/mol. The van der Waals surface area contributed by atoms with Crippen LogP contribution in [0.15, 0.2) is 35.5 Å². The lowest BCUT2D eigenvalue weighted by atomic mass is 9.75. The van der Waals surface area contributed by atoms with Gasteiger partial charge in [0.2, 0.25) is 11.1 Å². The van der Waals surface area contributed by atoms with Crippen molar-refractivity contribution in [1.29, 1.82) is 0 Å². The summed E-state index contributed by atoms with van der Waals surface area (Å²) in [7, 11) is 0. The molecule has 0 radical (unpaired) electrons. The number of amides is 1. The summed E-state index contributed by atoms with van der Waals surface area (Å²) in [5, 5.41) is 7.83. The van der Waals surface area contributed by atoms with Crippen molar-refractivity contribution in [2.75, 3.05) is 18.8 Å². The number of fused-ring (bicyclic) bond motifs is 1. The number of rotatable bonds is 4. The quantitative estimate of drug-likeness (QED) is 0.850. The second kappa shape index (κ2) is 7.60. The summed E-state index contributed by atoms with van der Waals surface area (Å²) < 4.78 is 0. The van der Waals surface area contributed by atoms with E-state index in [1.54, 1.807) is 0 Å². The van der Waals surface area contributed by atoms with Crippen LogP contribution in [0.2, 0.25) is 0 Å². The highest BCUT2D eigenvalue weighted by Crippen LogP contribution is 2.36. The zero-order valence-electron chi connectivity index (χ0n) is 14.4. The van der Waals surface area contributed by atoms with Gasteiger partial charge in [0.1, 0.15) is 0 Å². The summed E-state index contributed by atoms with van der Waals surface area (Å²) in [6.45, 7) is 1.87. The molecule has 25 heavy (non-hydrogen) atoms. The Morgan fingerprint density at radius 1 is 1.16 bits per heavy atom. The first kappa shape index (κ1) is 16.6. The SMILES string of the molecule is O=C(CSc1n[nH]c(-c2ccccc2)n1)N1CC[C@@H]2CCCC[C@H]2C1. The van der Waals surface area contributed by atoms with Gasteiger partial charge >= 0.3 is 0 Å². The van der Waals surface area contributed by atoms with E-state index in [9.17, 15) is 4.79 Å². The number of nitrogens with one attached hydrogen (secondary N) is 1. The molecule has 1 saturated heterocycles. The molecule has 6 heteroatoms. The number of carbonyl (C=O) groups is 1. The molecule has 132 valence electrons. The zero-order valence-corrected chi connectivity index (χ0v) is 15.2. The van der Waals surface area contributed by atoms with Gasteiger partial charge in [-0.1, -0.05) is 61.4 Å². The fourth-order valence-electron chi connectivity index (χ4n) is 4.08. The van der Waals surface area contributed by atoms with Gasteiger partial charge in [-0.2, -0.15) is 0 Å². The van der Waals surface area contributed by atoms with E-state index >= 15 is 0 Å². The highest BCUT2D eigenvalue weighted by atomic mass is 32.2. The molecule has 1 N–H and O–H groups in total. The molecule has 4 rings (SSSR count). The number of H-pyrrole nitrogens is 1. The largest absolute Gasteiger partial charge is 0.342 e. The number of benzene rings is 1.